The normalized spacial score (nSPS) is 10.8. The number of rotatable bonds is 5. The summed E-state index contributed by atoms with van der Waals surface area (Å²) >= 11 is 5.99. The second-order valence-corrected chi connectivity index (χ2v) is 5.32. The Morgan fingerprint density at radius 2 is 2.25 bits per heavy atom. The number of aromatic nitrogens is 4. The molecular formula is C14H12ClN5O4. The Labute approximate surface area is 141 Å². The number of nitro groups is 1. The SMILES string of the molecule is COc1ccc(Cl)cc1-c1noc(Cn2ncc([N+](=O)[O-])c2C)n1. The van der Waals surface area contributed by atoms with E-state index in [1.165, 1.54) is 18.0 Å². The van der Waals surface area contributed by atoms with Gasteiger partial charge in [-0.05, 0) is 25.1 Å². The summed E-state index contributed by atoms with van der Waals surface area (Å²) < 4.78 is 11.9. The monoisotopic (exact) mass is 349 g/mol. The van der Waals surface area contributed by atoms with Crippen LogP contribution < -0.4 is 4.74 Å². The molecule has 0 N–H and O–H groups in total. The summed E-state index contributed by atoms with van der Waals surface area (Å²) in [6, 6.07) is 5.06. The first-order valence-corrected chi connectivity index (χ1v) is 7.20. The van der Waals surface area contributed by atoms with Gasteiger partial charge in [-0.2, -0.15) is 10.1 Å². The molecule has 10 heteroatoms. The third-order valence-electron chi connectivity index (χ3n) is 3.43. The number of hydrogen-bond acceptors (Lipinski definition) is 7. The van der Waals surface area contributed by atoms with E-state index >= 15 is 0 Å². The highest BCUT2D eigenvalue weighted by Crippen LogP contribution is 2.30. The third kappa shape index (κ3) is 2.93. The number of methoxy groups -OCH3 is 1. The van der Waals surface area contributed by atoms with Crippen LogP contribution in [0, 0.1) is 17.0 Å². The van der Waals surface area contributed by atoms with Crippen molar-refractivity contribution in [1.82, 2.24) is 19.9 Å². The number of benzene rings is 1. The lowest BCUT2D eigenvalue weighted by Crippen LogP contribution is -2.04. The second-order valence-electron chi connectivity index (χ2n) is 4.89. The largest absolute Gasteiger partial charge is 0.496 e. The van der Waals surface area contributed by atoms with E-state index in [0.29, 0.717) is 27.9 Å². The molecule has 2 aromatic heterocycles. The number of halogens is 1. The zero-order valence-corrected chi connectivity index (χ0v) is 13.5. The van der Waals surface area contributed by atoms with Crippen LogP contribution >= 0.6 is 11.6 Å². The van der Waals surface area contributed by atoms with Gasteiger partial charge in [0, 0.05) is 5.02 Å². The Kier molecular flexibility index (Phi) is 4.17. The summed E-state index contributed by atoms with van der Waals surface area (Å²) in [6.07, 6.45) is 1.19. The molecule has 0 atom stereocenters. The molecule has 0 amide bonds. The van der Waals surface area contributed by atoms with E-state index in [2.05, 4.69) is 15.2 Å². The van der Waals surface area contributed by atoms with Gasteiger partial charge in [-0.25, -0.2) is 0 Å². The van der Waals surface area contributed by atoms with E-state index in [0.717, 1.165) is 0 Å². The number of nitrogens with zero attached hydrogens (tertiary/aromatic N) is 5. The molecule has 0 aliphatic heterocycles. The van der Waals surface area contributed by atoms with E-state index in [9.17, 15) is 10.1 Å². The van der Waals surface area contributed by atoms with Crippen molar-refractivity contribution < 1.29 is 14.2 Å². The zero-order valence-electron chi connectivity index (χ0n) is 12.8. The molecule has 0 fully saturated rings. The van der Waals surface area contributed by atoms with Crippen LogP contribution in [0.25, 0.3) is 11.4 Å². The minimum absolute atomic E-state index is 0.0637. The van der Waals surface area contributed by atoms with Gasteiger partial charge < -0.3 is 9.26 Å². The molecule has 124 valence electrons. The van der Waals surface area contributed by atoms with Crippen LogP contribution in [0.15, 0.2) is 28.9 Å². The molecular weight excluding hydrogens is 338 g/mol. The van der Waals surface area contributed by atoms with Crippen molar-refractivity contribution in [2.24, 2.45) is 0 Å². The Morgan fingerprint density at radius 3 is 2.92 bits per heavy atom. The predicted molar refractivity (Wildman–Crippen MR) is 84.0 cm³/mol. The Balaban J connectivity index is 1.89. The highest BCUT2D eigenvalue weighted by Gasteiger charge is 2.19. The number of ether oxygens (including phenoxy) is 1. The first kappa shape index (κ1) is 15.9. The molecule has 0 aliphatic rings. The lowest BCUT2D eigenvalue weighted by molar-refractivity contribution is -0.385. The van der Waals surface area contributed by atoms with Crippen molar-refractivity contribution in [2.45, 2.75) is 13.5 Å². The van der Waals surface area contributed by atoms with Crippen LogP contribution in [0.1, 0.15) is 11.6 Å². The molecule has 3 rings (SSSR count). The quantitative estimate of drug-likeness (QED) is 0.514. The summed E-state index contributed by atoms with van der Waals surface area (Å²) in [4.78, 5) is 14.6. The van der Waals surface area contributed by atoms with Gasteiger partial charge >= 0.3 is 5.69 Å². The van der Waals surface area contributed by atoms with E-state index in [-0.39, 0.29) is 18.1 Å². The van der Waals surface area contributed by atoms with Crippen molar-refractivity contribution in [2.75, 3.05) is 7.11 Å². The van der Waals surface area contributed by atoms with Gasteiger partial charge in [0.05, 0.1) is 17.6 Å². The maximum atomic E-state index is 10.9. The average Bonchev–Trinajstić information content (AvgIpc) is 3.15. The van der Waals surface area contributed by atoms with Crippen LogP contribution in [0.4, 0.5) is 5.69 Å². The van der Waals surface area contributed by atoms with E-state index in [1.807, 2.05) is 0 Å². The predicted octanol–water partition coefficient (Wildman–Crippen LogP) is 2.86. The van der Waals surface area contributed by atoms with Crippen molar-refractivity contribution >= 4 is 17.3 Å². The van der Waals surface area contributed by atoms with E-state index < -0.39 is 4.92 Å². The Bertz CT molecular complexity index is 904. The standard InChI is InChI=1S/C14H12ClN5O4/c1-8-11(20(21)22)6-16-19(8)7-13-17-14(18-24-13)10-5-9(15)3-4-12(10)23-2/h3-6H,7H2,1-2H3. The molecule has 0 unspecified atom stereocenters. The lowest BCUT2D eigenvalue weighted by atomic mass is 10.2. The van der Waals surface area contributed by atoms with Crippen LogP contribution in [0.5, 0.6) is 5.75 Å². The van der Waals surface area contributed by atoms with E-state index in [4.69, 9.17) is 20.9 Å². The van der Waals surface area contributed by atoms with Gasteiger partial charge in [0.2, 0.25) is 11.7 Å². The number of hydrogen-bond donors (Lipinski definition) is 0. The van der Waals surface area contributed by atoms with Gasteiger partial charge in [0.1, 0.15) is 24.2 Å². The minimum Gasteiger partial charge on any atom is -0.496 e. The maximum Gasteiger partial charge on any atom is 0.309 e. The van der Waals surface area contributed by atoms with Gasteiger partial charge in [0.25, 0.3) is 0 Å². The van der Waals surface area contributed by atoms with Crippen LogP contribution in [-0.2, 0) is 6.54 Å². The molecule has 2 heterocycles. The van der Waals surface area contributed by atoms with Gasteiger partial charge in [-0.1, -0.05) is 16.8 Å². The Morgan fingerprint density at radius 1 is 1.46 bits per heavy atom. The summed E-state index contributed by atoms with van der Waals surface area (Å²) in [5, 5.41) is 19.2. The topological polar surface area (TPSA) is 109 Å². The molecule has 3 aromatic rings. The van der Waals surface area contributed by atoms with Crippen LogP contribution in [0.3, 0.4) is 0 Å². The van der Waals surface area contributed by atoms with Gasteiger partial charge in [0.15, 0.2) is 0 Å². The van der Waals surface area contributed by atoms with Crippen molar-refractivity contribution in [1.29, 1.82) is 0 Å². The van der Waals surface area contributed by atoms with Crippen LogP contribution in [0.2, 0.25) is 5.02 Å². The molecule has 0 bridgehead atoms. The molecule has 0 aliphatic carbocycles. The Hall–Kier alpha value is -2.94. The summed E-state index contributed by atoms with van der Waals surface area (Å²) in [5.41, 5.74) is 0.925. The highest BCUT2D eigenvalue weighted by atomic mass is 35.5. The van der Waals surface area contributed by atoms with E-state index in [1.54, 1.807) is 25.1 Å². The summed E-state index contributed by atoms with van der Waals surface area (Å²) in [6.45, 7) is 1.72. The maximum absolute atomic E-state index is 10.9. The smallest absolute Gasteiger partial charge is 0.309 e. The molecule has 0 spiro atoms. The fourth-order valence-electron chi connectivity index (χ4n) is 2.19. The van der Waals surface area contributed by atoms with Crippen molar-refractivity contribution in [3.05, 3.63) is 51.1 Å². The minimum atomic E-state index is -0.491. The highest BCUT2D eigenvalue weighted by molar-refractivity contribution is 6.30. The summed E-state index contributed by atoms with van der Waals surface area (Å²) in [5.74, 6) is 1.12. The molecule has 24 heavy (non-hydrogen) atoms. The fraction of sp³-hybridized carbons (Fsp3) is 0.214. The summed E-state index contributed by atoms with van der Waals surface area (Å²) in [7, 11) is 1.53. The molecule has 0 radical (unpaired) electrons. The second kappa shape index (κ2) is 6.28. The average molecular weight is 350 g/mol. The van der Waals surface area contributed by atoms with Gasteiger partial charge in [-0.3, -0.25) is 14.8 Å². The first-order chi connectivity index (χ1) is 11.5. The molecule has 0 saturated heterocycles. The first-order valence-electron chi connectivity index (χ1n) is 6.83. The van der Waals surface area contributed by atoms with Gasteiger partial charge in [-0.15, -0.1) is 0 Å². The van der Waals surface area contributed by atoms with Crippen LogP contribution in [-0.4, -0.2) is 32.0 Å². The third-order valence-corrected chi connectivity index (χ3v) is 3.66. The molecule has 9 nitrogen and oxygen atoms in total. The van der Waals surface area contributed by atoms with Crippen molar-refractivity contribution in [3.63, 3.8) is 0 Å². The lowest BCUT2D eigenvalue weighted by Gasteiger charge is -2.04. The molecule has 1 aromatic carbocycles. The molecule has 0 saturated carbocycles. The fourth-order valence-corrected chi connectivity index (χ4v) is 2.36. The van der Waals surface area contributed by atoms with Crippen molar-refractivity contribution in [3.8, 4) is 17.1 Å². The zero-order chi connectivity index (χ0) is 17.3.